The summed E-state index contributed by atoms with van der Waals surface area (Å²) in [5.74, 6) is 0. The molecule has 1 atom stereocenters. The van der Waals surface area contributed by atoms with Crippen molar-refractivity contribution < 1.29 is 0 Å². The molecular weight excluding hydrogens is 170 g/mol. The van der Waals surface area contributed by atoms with Crippen LogP contribution in [0.2, 0.25) is 0 Å². The Hall–Kier alpha value is -1.08. The van der Waals surface area contributed by atoms with Crippen LogP contribution in [0.1, 0.15) is 36.1 Å². The molecule has 0 unspecified atom stereocenters. The molecule has 1 rings (SSSR count). The summed E-state index contributed by atoms with van der Waals surface area (Å²) in [4.78, 5) is 0. The zero-order chi connectivity index (χ0) is 10.7. The minimum absolute atomic E-state index is 0.0902. The molecule has 0 heterocycles. The summed E-state index contributed by atoms with van der Waals surface area (Å²) < 4.78 is 0. The normalized spacial score (nSPS) is 12.6. The number of hydrogen-bond acceptors (Lipinski definition) is 1. The molecule has 0 saturated carbocycles. The molecule has 0 aliphatic heterocycles. The van der Waals surface area contributed by atoms with E-state index in [1.807, 2.05) is 6.92 Å². The van der Waals surface area contributed by atoms with Crippen molar-refractivity contribution in [2.75, 3.05) is 0 Å². The number of nitrogens with two attached hydrogens (primary N) is 1. The highest BCUT2D eigenvalue weighted by molar-refractivity contribution is 5.33. The Labute approximate surface area is 86.6 Å². The van der Waals surface area contributed by atoms with Crippen LogP contribution in [0.25, 0.3) is 0 Å². The Kier molecular flexibility index (Phi) is 3.48. The van der Waals surface area contributed by atoms with Gasteiger partial charge in [-0.25, -0.2) is 0 Å². The van der Waals surface area contributed by atoms with E-state index in [0.717, 1.165) is 12.0 Å². The monoisotopic (exact) mass is 189 g/mol. The van der Waals surface area contributed by atoms with Gasteiger partial charge in [0, 0.05) is 6.04 Å². The predicted molar refractivity (Wildman–Crippen MR) is 62.3 cm³/mol. The molecule has 0 aromatic heterocycles. The second kappa shape index (κ2) is 4.43. The van der Waals surface area contributed by atoms with Crippen LogP contribution in [0.15, 0.2) is 30.4 Å². The van der Waals surface area contributed by atoms with Crippen molar-refractivity contribution in [2.24, 2.45) is 5.73 Å². The molecular formula is C13H19N. The zero-order valence-corrected chi connectivity index (χ0v) is 9.30. The Morgan fingerprint density at radius 3 is 2.64 bits per heavy atom. The van der Waals surface area contributed by atoms with E-state index in [1.165, 1.54) is 16.7 Å². The Balaban J connectivity index is 2.93. The van der Waals surface area contributed by atoms with Crippen LogP contribution in [0, 0.1) is 13.8 Å². The van der Waals surface area contributed by atoms with Gasteiger partial charge in [0.05, 0.1) is 0 Å². The van der Waals surface area contributed by atoms with Gasteiger partial charge < -0.3 is 5.73 Å². The average molecular weight is 189 g/mol. The maximum atomic E-state index is 6.10. The van der Waals surface area contributed by atoms with Gasteiger partial charge in [0.25, 0.3) is 0 Å². The molecule has 0 radical (unpaired) electrons. The molecule has 1 heteroatoms. The number of benzene rings is 1. The van der Waals surface area contributed by atoms with Gasteiger partial charge >= 0.3 is 0 Å². The molecule has 0 aliphatic rings. The van der Waals surface area contributed by atoms with Crippen LogP contribution < -0.4 is 5.73 Å². The molecule has 2 N–H and O–H groups in total. The topological polar surface area (TPSA) is 26.0 Å². The lowest BCUT2D eigenvalue weighted by molar-refractivity contribution is 0.711. The minimum Gasteiger partial charge on any atom is -0.324 e. The van der Waals surface area contributed by atoms with E-state index in [2.05, 4.69) is 38.6 Å². The highest BCUT2D eigenvalue weighted by atomic mass is 14.6. The quantitative estimate of drug-likeness (QED) is 0.726. The van der Waals surface area contributed by atoms with Crippen molar-refractivity contribution in [3.8, 4) is 0 Å². The minimum atomic E-state index is 0.0902. The van der Waals surface area contributed by atoms with Crippen molar-refractivity contribution in [1.82, 2.24) is 0 Å². The molecule has 14 heavy (non-hydrogen) atoms. The SMILES string of the molecule is C=C(C)C[C@H](N)c1cc(C)ccc1C. The summed E-state index contributed by atoms with van der Waals surface area (Å²) in [6.07, 6.45) is 0.865. The van der Waals surface area contributed by atoms with Gasteiger partial charge in [-0.15, -0.1) is 6.58 Å². The predicted octanol–water partition coefficient (Wildman–Crippen LogP) is 3.27. The molecule has 0 bridgehead atoms. The van der Waals surface area contributed by atoms with Gasteiger partial charge in [0.1, 0.15) is 0 Å². The lowest BCUT2D eigenvalue weighted by Gasteiger charge is -2.15. The first-order chi connectivity index (χ1) is 6.50. The third-order valence-electron chi connectivity index (χ3n) is 2.40. The van der Waals surface area contributed by atoms with Gasteiger partial charge in [-0.1, -0.05) is 29.3 Å². The summed E-state index contributed by atoms with van der Waals surface area (Å²) in [6.45, 7) is 10.1. The first kappa shape index (κ1) is 11.0. The van der Waals surface area contributed by atoms with E-state index in [-0.39, 0.29) is 6.04 Å². The van der Waals surface area contributed by atoms with Gasteiger partial charge in [-0.05, 0) is 38.3 Å². The summed E-state index contributed by atoms with van der Waals surface area (Å²) in [5.41, 5.74) is 11.0. The number of aryl methyl sites for hydroxylation is 2. The van der Waals surface area contributed by atoms with Gasteiger partial charge in [0.15, 0.2) is 0 Å². The van der Waals surface area contributed by atoms with Crippen LogP contribution in [0.3, 0.4) is 0 Å². The van der Waals surface area contributed by atoms with Crippen LogP contribution in [0.4, 0.5) is 0 Å². The van der Waals surface area contributed by atoms with Crippen LogP contribution >= 0.6 is 0 Å². The Morgan fingerprint density at radius 1 is 1.43 bits per heavy atom. The van der Waals surface area contributed by atoms with E-state index in [1.54, 1.807) is 0 Å². The molecule has 76 valence electrons. The summed E-state index contributed by atoms with van der Waals surface area (Å²) >= 11 is 0. The van der Waals surface area contributed by atoms with Crippen molar-refractivity contribution in [3.63, 3.8) is 0 Å². The zero-order valence-electron chi connectivity index (χ0n) is 9.30. The third kappa shape index (κ3) is 2.71. The molecule has 0 amide bonds. The van der Waals surface area contributed by atoms with E-state index in [9.17, 15) is 0 Å². The molecule has 1 aromatic rings. The molecule has 1 aromatic carbocycles. The van der Waals surface area contributed by atoms with E-state index < -0.39 is 0 Å². The highest BCUT2D eigenvalue weighted by Gasteiger charge is 2.08. The highest BCUT2D eigenvalue weighted by Crippen LogP contribution is 2.22. The lowest BCUT2D eigenvalue weighted by Crippen LogP contribution is -2.12. The fourth-order valence-electron chi connectivity index (χ4n) is 1.64. The molecule has 0 spiro atoms. The average Bonchev–Trinajstić information content (AvgIpc) is 2.08. The van der Waals surface area contributed by atoms with Crippen molar-refractivity contribution in [3.05, 3.63) is 47.0 Å². The largest absolute Gasteiger partial charge is 0.324 e. The van der Waals surface area contributed by atoms with E-state index >= 15 is 0 Å². The van der Waals surface area contributed by atoms with Gasteiger partial charge in [-0.2, -0.15) is 0 Å². The maximum Gasteiger partial charge on any atom is 0.0335 e. The smallest absolute Gasteiger partial charge is 0.0335 e. The van der Waals surface area contributed by atoms with E-state index in [0.29, 0.717) is 0 Å². The molecule has 0 fully saturated rings. The first-order valence-electron chi connectivity index (χ1n) is 4.98. The number of hydrogen-bond donors (Lipinski definition) is 1. The summed E-state index contributed by atoms with van der Waals surface area (Å²) in [6, 6.07) is 6.51. The molecule has 0 saturated heterocycles. The third-order valence-corrected chi connectivity index (χ3v) is 2.40. The van der Waals surface area contributed by atoms with Crippen molar-refractivity contribution >= 4 is 0 Å². The lowest BCUT2D eigenvalue weighted by atomic mass is 9.95. The standard InChI is InChI=1S/C13H19N/c1-9(2)7-13(14)12-8-10(3)5-6-11(12)4/h5-6,8,13H,1,7,14H2,2-4H3/t13-/m0/s1. The van der Waals surface area contributed by atoms with Gasteiger partial charge in [-0.3, -0.25) is 0 Å². The Morgan fingerprint density at radius 2 is 2.07 bits per heavy atom. The maximum absolute atomic E-state index is 6.10. The fourth-order valence-corrected chi connectivity index (χ4v) is 1.64. The Bertz CT molecular complexity index is 339. The summed E-state index contributed by atoms with van der Waals surface area (Å²) in [5, 5.41) is 0. The van der Waals surface area contributed by atoms with Crippen LogP contribution in [-0.4, -0.2) is 0 Å². The second-order valence-corrected chi connectivity index (χ2v) is 4.13. The van der Waals surface area contributed by atoms with E-state index in [4.69, 9.17) is 5.73 Å². The van der Waals surface area contributed by atoms with Gasteiger partial charge in [0.2, 0.25) is 0 Å². The van der Waals surface area contributed by atoms with Crippen molar-refractivity contribution in [1.29, 1.82) is 0 Å². The first-order valence-corrected chi connectivity index (χ1v) is 4.98. The van der Waals surface area contributed by atoms with Crippen molar-refractivity contribution in [2.45, 2.75) is 33.2 Å². The van der Waals surface area contributed by atoms with Crippen LogP contribution in [-0.2, 0) is 0 Å². The second-order valence-electron chi connectivity index (χ2n) is 4.13. The molecule has 1 nitrogen and oxygen atoms in total. The fraction of sp³-hybridized carbons (Fsp3) is 0.385. The molecule has 0 aliphatic carbocycles. The van der Waals surface area contributed by atoms with Crippen LogP contribution in [0.5, 0.6) is 0 Å². The number of rotatable bonds is 3. The summed E-state index contributed by atoms with van der Waals surface area (Å²) in [7, 11) is 0.